The Labute approximate surface area is 459 Å². The standard InChI is InChI=1S/C16H18O6S2.C14H14O6S2.C14H14O3S.C8H10O3S.2CH4/c1-9-5-13(15(7-11(9)3)23(17,18)19)14-6-10(2)12(4)8-16(14)24(20,21)22;1-9-3-5-11(13(7-9)21(15,16)17)12-6-4-10(2)8-14(12)22(18,19)20;1-10-3-6-12(7-4-10)13-8-5-11(2)9-14(13)18(15,16)17;1-6-3-4-7(2)8(5-6)12(9,10)11;;/h5-8H,1-4H3,(H,17,18,19)(H,20,21,22);3-8H,1-2H3,(H,15,16,17)(H,18,19,20);3-9H,1-2H3,(H,15,16,17);3-5H,1-2H3,(H,9,10,11);2*1H4. The molecule has 424 valence electrons. The Kier molecular flexibility index (Phi) is 22.6. The van der Waals surface area contributed by atoms with E-state index in [0.717, 1.165) is 33.4 Å². The normalized spacial score (nSPS) is 11.7. The van der Waals surface area contributed by atoms with Gasteiger partial charge in [0, 0.05) is 27.8 Å². The molecule has 0 aromatic heterocycles. The van der Waals surface area contributed by atoms with Gasteiger partial charge in [0.25, 0.3) is 60.7 Å². The zero-order valence-electron chi connectivity index (χ0n) is 42.6. The van der Waals surface area contributed by atoms with Crippen LogP contribution in [-0.4, -0.2) is 77.8 Å². The molecule has 0 atom stereocenters. The largest absolute Gasteiger partial charge is 0.295 e. The molecule has 0 heterocycles. The molecule has 0 fully saturated rings. The summed E-state index contributed by atoms with van der Waals surface area (Å²) in [5.41, 5.74) is 8.45. The van der Waals surface area contributed by atoms with Crippen LogP contribution in [0.25, 0.3) is 33.4 Å². The third kappa shape index (κ3) is 18.0. The number of hydrogen-bond acceptors (Lipinski definition) is 12. The van der Waals surface area contributed by atoms with Gasteiger partial charge in [-0.05, 0) is 173 Å². The Morgan fingerprint density at radius 2 is 0.462 bits per heavy atom. The first-order valence-corrected chi connectivity index (χ1v) is 30.8. The van der Waals surface area contributed by atoms with E-state index >= 15 is 0 Å². The number of hydrogen-bond donors (Lipinski definition) is 6. The molecule has 0 unspecified atom stereocenters. The fraction of sp³-hybridized carbons (Fsp3) is 0.222. The van der Waals surface area contributed by atoms with Gasteiger partial charge in [0.1, 0.15) is 24.5 Å². The topological polar surface area (TPSA) is 326 Å². The van der Waals surface area contributed by atoms with Crippen molar-refractivity contribution in [2.75, 3.05) is 0 Å². The zero-order valence-corrected chi connectivity index (χ0v) is 47.5. The van der Waals surface area contributed by atoms with Crippen LogP contribution in [-0.2, 0) is 60.7 Å². The summed E-state index contributed by atoms with van der Waals surface area (Å²) >= 11 is 0. The summed E-state index contributed by atoms with van der Waals surface area (Å²) in [6, 6.07) is 31.3. The van der Waals surface area contributed by atoms with Gasteiger partial charge in [0.15, 0.2) is 0 Å². The highest BCUT2D eigenvalue weighted by Crippen LogP contribution is 2.37. The first kappa shape index (κ1) is 68.1. The van der Waals surface area contributed by atoms with Gasteiger partial charge in [-0.1, -0.05) is 93.2 Å². The van der Waals surface area contributed by atoms with Crippen LogP contribution in [0.15, 0.2) is 151 Å². The predicted octanol–water partition coefficient (Wildman–Crippen LogP) is 11.6. The molecule has 18 nitrogen and oxygen atoms in total. The monoisotopic (exact) mass is 1190 g/mol. The average Bonchev–Trinajstić information content (AvgIpc) is 3.28. The van der Waals surface area contributed by atoms with E-state index in [9.17, 15) is 73.3 Å². The Hall–Kier alpha value is -6.00. The van der Waals surface area contributed by atoms with Crippen LogP contribution >= 0.6 is 0 Å². The molecule has 78 heavy (non-hydrogen) atoms. The maximum Gasteiger partial charge on any atom is 0.295 e. The molecule has 7 aromatic rings. The highest BCUT2D eigenvalue weighted by Gasteiger charge is 2.26. The van der Waals surface area contributed by atoms with Crippen LogP contribution in [0.5, 0.6) is 0 Å². The van der Waals surface area contributed by atoms with Gasteiger partial charge in [-0.15, -0.1) is 0 Å². The Bertz CT molecular complexity index is 3910. The molecule has 7 aromatic carbocycles. The van der Waals surface area contributed by atoms with Gasteiger partial charge in [0.05, 0.1) is 4.90 Å². The van der Waals surface area contributed by atoms with E-state index in [4.69, 9.17) is 4.55 Å². The summed E-state index contributed by atoms with van der Waals surface area (Å²) in [4.78, 5) is -1.70. The van der Waals surface area contributed by atoms with Gasteiger partial charge in [-0.2, -0.15) is 50.5 Å². The molecule has 0 saturated heterocycles. The average molecular weight is 1190 g/mol. The predicted molar refractivity (Wildman–Crippen MR) is 302 cm³/mol. The van der Waals surface area contributed by atoms with Crippen molar-refractivity contribution in [1.82, 2.24) is 0 Å². The maximum absolute atomic E-state index is 11.7. The van der Waals surface area contributed by atoms with Crippen LogP contribution in [0.1, 0.15) is 70.5 Å². The quantitative estimate of drug-likeness (QED) is 0.0731. The molecule has 6 N–H and O–H groups in total. The smallest absolute Gasteiger partial charge is 0.282 e. The Morgan fingerprint density at radius 3 is 0.756 bits per heavy atom. The van der Waals surface area contributed by atoms with Crippen molar-refractivity contribution in [1.29, 1.82) is 0 Å². The van der Waals surface area contributed by atoms with Crippen LogP contribution in [0, 0.1) is 69.2 Å². The summed E-state index contributed by atoms with van der Waals surface area (Å²) in [5, 5.41) is 0. The third-order valence-corrected chi connectivity index (χ3v) is 17.0. The second kappa shape index (κ2) is 25.9. The van der Waals surface area contributed by atoms with Crippen LogP contribution in [0.2, 0.25) is 0 Å². The molecule has 0 radical (unpaired) electrons. The van der Waals surface area contributed by atoms with Crippen molar-refractivity contribution in [2.24, 2.45) is 0 Å². The first-order chi connectivity index (χ1) is 34.6. The Morgan fingerprint density at radius 1 is 0.231 bits per heavy atom. The molecule has 0 bridgehead atoms. The van der Waals surface area contributed by atoms with Crippen molar-refractivity contribution >= 4 is 60.7 Å². The molecule has 24 heteroatoms. The fourth-order valence-electron chi connectivity index (χ4n) is 7.36. The second-order valence-electron chi connectivity index (χ2n) is 17.8. The summed E-state index contributed by atoms with van der Waals surface area (Å²) in [7, 11) is -26.5. The lowest BCUT2D eigenvalue weighted by atomic mass is 9.97. The van der Waals surface area contributed by atoms with Crippen molar-refractivity contribution in [3.05, 3.63) is 177 Å². The summed E-state index contributed by atoms with van der Waals surface area (Å²) in [5.74, 6) is 0. The number of rotatable bonds is 9. The fourth-order valence-corrected chi connectivity index (χ4v) is 12.1. The van der Waals surface area contributed by atoms with Gasteiger partial charge < -0.3 is 0 Å². The van der Waals surface area contributed by atoms with E-state index in [1.807, 2.05) is 37.3 Å². The van der Waals surface area contributed by atoms with Crippen molar-refractivity contribution in [2.45, 2.75) is 113 Å². The van der Waals surface area contributed by atoms with Crippen molar-refractivity contribution in [3.63, 3.8) is 0 Å². The van der Waals surface area contributed by atoms with Crippen molar-refractivity contribution in [3.8, 4) is 33.4 Å². The third-order valence-electron chi connectivity index (χ3n) is 11.6. The van der Waals surface area contributed by atoms with E-state index in [1.165, 1.54) is 60.7 Å². The van der Waals surface area contributed by atoms with Crippen LogP contribution in [0.4, 0.5) is 0 Å². The van der Waals surface area contributed by atoms with E-state index < -0.39 is 80.3 Å². The molecule has 0 aliphatic rings. The van der Waals surface area contributed by atoms with E-state index in [2.05, 4.69) is 0 Å². The number of aryl methyl sites for hydroxylation is 10. The van der Waals surface area contributed by atoms with Gasteiger partial charge in [-0.3, -0.25) is 27.3 Å². The van der Waals surface area contributed by atoms with E-state index in [-0.39, 0.29) is 46.9 Å². The molecular weight excluding hydrogens is 1130 g/mol. The van der Waals surface area contributed by atoms with Gasteiger partial charge >= 0.3 is 0 Å². The molecule has 0 aliphatic carbocycles. The lowest BCUT2D eigenvalue weighted by Crippen LogP contribution is -2.07. The minimum absolute atomic E-state index is 0. The van der Waals surface area contributed by atoms with Gasteiger partial charge in [0.2, 0.25) is 0 Å². The molecule has 0 aliphatic heterocycles. The van der Waals surface area contributed by atoms with E-state index in [1.54, 1.807) is 92.6 Å². The molecule has 0 amide bonds. The summed E-state index contributed by atoms with van der Waals surface area (Å²) in [6.45, 7) is 17.3. The van der Waals surface area contributed by atoms with E-state index in [0.29, 0.717) is 33.4 Å². The van der Waals surface area contributed by atoms with Crippen LogP contribution in [0.3, 0.4) is 0 Å². The molecule has 0 spiro atoms. The maximum atomic E-state index is 11.7. The number of benzene rings is 7. The lowest BCUT2D eigenvalue weighted by molar-refractivity contribution is 0.480. The lowest BCUT2D eigenvalue weighted by Gasteiger charge is -2.15. The Balaban J connectivity index is 0.000000361. The summed E-state index contributed by atoms with van der Waals surface area (Å²) < 4.78 is 193. The highest BCUT2D eigenvalue weighted by atomic mass is 32.2. The SMILES string of the molecule is C.C.Cc1cc(-c2cc(C)c(C)cc2S(=O)(=O)O)c(S(=O)(=O)O)cc1C.Cc1ccc(-c2ccc(C)cc2S(=O)(=O)O)c(S(=O)(=O)O)c1.Cc1ccc(-c2ccc(C)cc2S(=O)(=O)O)cc1.Cc1ccc(C)c(S(=O)(=O)O)c1. The van der Waals surface area contributed by atoms with Gasteiger partial charge in [-0.25, -0.2) is 0 Å². The van der Waals surface area contributed by atoms with Crippen molar-refractivity contribution < 1.29 is 77.8 Å². The van der Waals surface area contributed by atoms with Crippen LogP contribution < -0.4 is 0 Å². The zero-order chi connectivity index (χ0) is 57.8. The molecule has 7 rings (SSSR count). The highest BCUT2D eigenvalue weighted by molar-refractivity contribution is 7.87. The molecule has 0 saturated carbocycles. The first-order valence-electron chi connectivity index (χ1n) is 22.2. The molecular formula is C54H64O18S6. The summed E-state index contributed by atoms with van der Waals surface area (Å²) in [6.07, 6.45) is 0. The minimum atomic E-state index is -4.58. The second-order valence-corrected chi connectivity index (χ2v) is 26.2. The minimum Gasteiger partial charge on any atom is -0.282 e.